The van der Waals surface area contributed by atoms with Crippen molar-refractivity contribution in [3.8, 4) is 5.75 Å². The Hall–Kier alpha value is -3.13. The van der Waals surface area contributed by atoms with Gasteiger partial charge in [0.25, 0.3) is 11.8 Å². The molecule has 1 saturated carbocycles. The molecule has 0 spiro atoms. The monoisotopic (exact) mass is 452 g/mol. The van der Waals surface area contributed by atoms with Crippen LogP contribution in [0.25, 0.3) is 0 Å². The van der Waals surface area contributed by atoms with Gasteiger partial charge in [0.05, 0.1) is 19.3 Å². The first-order valence-corrected chi connectivity index (χ1v) is 11.6. The van der Waals surface area contributed by atoms with Crippen LogP contribution in [0, 0.1) is 12.8 Å². The molecule has 4 rings (SSSR count). The summed E-state index contributed by atoms with van der Waals surface area (Å²) in [5, 5.41) is 14.8. The van der Waals surface area contributed by atoms with E-state index >= 15 is 0 Å². The third-order valence-corrected chi connectivity index (χ3v) is 6.82. The number of benzene rings is 1. The van der Waals surface area contributed by atoms with Crippen LogP contribution in [0.15, 0.2) is 36.5 Å². The second kappa shape index (κ2) is 10.2. The van der Waals surface area contributed by atoms with Gasteiger partial charge < -0.3 is 25.4 Å². The Labute approximate surface area is 194 Å². The van der Waals surface area contributed by atoms with Gasteiger partial charge in [-0.3, -0.25) is 9.59 Å². The largest absolute Gasteiger partial charge is 0.496 e. The summed E-state index contributed by atoms with van der Waals surface area (Å²) in [6.07, 6.45) is 5.65. The molecule has 3 unspecified atom stereocenters. The number of nitrogens with zero attached hydrogens (tertiary/aromatic N) is 2. The van der Waals surface area contributed by atoms with Crippen LogP contribution >= 0.6 is 0 Å². The topological polar surface area (TPSA) is 104 Å². The van der Waals surface area contributed by atoms with Crippen molar-refractivity contribution in [2.45, 2.75) is 44.7 Å². The Morgan fingerprint density at radius 2 is 2.06 bits per heavy atom. The summed E-state index contributed by atoms with van der Waals surface area (Å²) in [7, 11) is 1.61. The lowest BCUT2D eigenvalue weighted by molar-refractivity contribution is 0.0931. The minimum Gasteiger partial charge on any atom is -0.496 e. The summed E-state index contributed by atoms with van der Waals surface area (Å²) in [5.74, 6) is 1.78. The summed E-state index contributed by atoms with van der Waals surface area (Å²) in [5.41, 5.74) is 1.98. The first-order chi connectivity index (χ1) is 16.0. The van der Waals surface area contributed by atoms with E-state index in [2.05, 4.69) is 20.5 Å². The molecule has 8 heteroatoms. The molecule has 1 saturated heterocycles. The Kier molecular flexibility index (Phi) is 7.13. The van der Waals surface area contributed by atoms with E-state index in [0.717, 1.165) is 43.6 Å². The molecule has 1 aromatic carbocycles. The van der Waals surface area contributed by atoms with Crippen LogP contribution in [0.5, 0.6) is 5.75 Å². The zero-order valence-corrected chi connectivity index (χ0v) is 19.2. The lowest BCUT2D eigenvalue weighted by Gasteiger charge is -2.38. The number of anilines is 1. The van der Waals surface area contributed by atoms with Crippen molar-refractivity contribution in [2.75, 3.05) is 31.7 Å². The molecule has 2 aromatic rings. The van der Waals surface area contributed by atoms with Crippen molar-refractivity contribution < 1.29 is 19.4 Å². The SMILES string of the molecule is COc1cccc(C(=O)NC2CC3CCCN(c4ccc(C(=O)NCCO)cn4)C3C2)c1C. The van der Waals surface area contributed by atoms with E-state index in [1.54, 1.807) is 19.4 Å². The number of amides is 2. The molecule has 2 fully saturated rings. The zero-order valence-electron chi connectivity index (χ0n) is 19.2. The second-order valence-corrected chi connectivity index (χ2v) is 8.82. The number of carbonyl (C=O) groups excluding carboxylic acids is 2. The van der Waals surface area contributed by atoms with E-state index in [1.807, 2.05) is 31.2 Å². The lowest BCUT2D eigenvalue weighted by atomic mass is 9.92. The van der Waals surface area contributed by atoms with Crippen LogP contribution in [-0.4, -0.2) is 60.8 Å². The maximum absolute atomic E-state index is 13.0. The Morgan fingerprint density at radius 3 is 2.79 bits per heavy atom. The maximum Gasteiger partial charge on any atom is 0.252 e. The molecular weight excluding hydrogens is 420 g/mol. The van der Waals surface area contributed by atoms with Gasteiger partial charge in [-0.15, -0.1) is 0 Å². The molecule has 1 aliphatic heterocycles. The normalized spacial score (nSPS) is 21.9. The number of piperidine rings is 1. The Morgan fingerprint density at radius 1 is 1.21 bits per heavy atom. The quantitative estimate of drug-likeness (QED) is 0.596. The highest BCUT2D eigenvalue weighted by atomic mass is 16.5. The highest BCUT2D eigenvalue weighted by molar-refractivity contribution is 5.96. The van der Waals surface area contributed by atoms with E-state index in [-0.39, 0.29) is 31.0 Å². The third kappa shape index (κ3) is 4.95. The molecule has 3 atom stereocenters. The highest BCUT2D eigenvalue weighted by Crippen LogP contribution is 2.39. The van der Waals surface area contributed by atoms with E-state index in [4.69, 9.17) is 9.84 Å². The Balaban J connectivity index is 1.42. The maximum atomic E-state index is 13.0. The van der Waals surface area contributed by atoms with Crippen molar-refractivity contribution >= 4 is 17.6 Å². The van der Waals surface area contributed by atoms with Crippen LogP contribution in [0.1, 0.15) is 52.0 Å². The molecule has 176 valence electrons. The average molecular weight is 453 g/mol. The lowest BCUT2D eigenvalue weighted by Crippen LogP contribution is -2.43. The van der Waals surface area contributed by atoms with Crippen LogP contribution in [0.3, 0.4) is 0 Å². The van der Waals surface area contributed by atoms with Crippen molar-refractivity contribution in [2.24, 2.45) is 5.92 Å². The number of aliphatic hydroxyl groups excluding tert-OH is 1. The van der Waals surface area contributed by atoms with Crippen LogP contribution in [0.2, 0.25) is 0 Å². The van der Waals surface area contributed by atoms with Gasteiger partial charge in [0.15, 0.2) is 0 Å². The second-order valence-electron chi connectivity index (χ2n) is 8.82. The van der Waals surface area contributed by atoms with E-state index in [9.17, 15) is 9.59 Å². The van der Waals surface area contributed by atoms with Gasteiger partial charge in [0.1, 0.15) is 11.6 Å². The van der Waals surface area contributed by atoms with Gasteiger partial charge in [0.2, 0.25) is 0 Å². The van der Waals surface area contributed by atoms with Gasteiger partial charge in [-0.05, 0) is 62.8 Å². The first-order valence-electron chi connectivity index (χ1n) is 11.6. The summed E-state index contributed by atoms with van der Waals surface area (Å²) < 4.78 is 5.36. The number of hydrogen-bond donors (Lipinski definition) is 3. The minimum atomic E-state index is -0.240. The molecule has 0 radical (unpaired) electrons. The molecule has 2 amide bonds. The standard InChI is InChI=1S/C25H32N4O4/c1-16-20(6-3-7-22(16)33-2)25(32)28-19-13-17-5-4-11-29(21(17)14-19)23-9-8-18(15-27-23)24(31)26-10-12-30/h3,6-9,15,17,19,21,30H,4-5,10-14H2,1-2H3,(H,26,31)(H,28,32). The third-order valence-electron chi connectivity index (χ3n) is 6.82. The smallest absolute Gasteiger partial charge is 0.252 e. The van der Waals surface area contributed by atoms with Crippen LogP contribution in [-0.2, 0) is 0 Å². The summed E-state index contributed by atoms with van der Waals surface area (Å²) in [6, 6.07) is 9.64. The number of aromatic nitrogens is 1. The van der Waals surface area contributed by atoms with Crippen molar-refractivity contribution in [3.05, 3.63) is 53.2 Å². The fourth-order valence-corrected chi connectivity index (χ4v) is 5.19. The number of aliphatic hydroxyl groups is 1. The molecule has 3 N–H and O–H groups in total. The van der Waals surface area contributed by atoms with Crippen LogP contribution in [0.4, 0.5) is 5.82 Å². The van der Waals surface area contributed by atoms with Crippen molar-refractivity contribution in [3.63, 3.8) is 0 Å². The summed E-state index contributed by atoms with van der Waals surface area (Å²) in [6.45, 7) is 2.95. The molecule has 1 aliphatic carbocycles. The number of ether oxygens (including phenoxy) is 1. The molecule has 2 heterocycles. The molecule has 1 aromatic heterocycles. The number of carbonyl (C=O) groups is 2. The zero-order chi connectivity index (χ0) is 23.4. The highest BCUT2D eigenvalue weighted by Gasteiger charge is 2.41. The molecule has 0 bridgehead atoms. The van der Waals surface area contributed by atoms with Gasteiger partial charge in [-0.2, -0.15) is 0 Å². The number of nitrogens with one attached hydrogen (secondary N) is 2. The summed E-state index contributed by atoms with van der Waals surface area (Å²) >= 11 is 0. The van der Waals surface area contributed by atoms with Crippen molar-refractivity contribution in [1.82, 2.24) is 15.6 Å². The van der Waals surface area contributed by atoms with Crippen molar-refractivity contribution in [1.29, 1.82) is 0 Å². The van der Waals surface area contributed by atoms with E-state index in [0.29, 0.717) is 28.8 Å². The van der Waals surface area contributed by atoms with Gasteiger partial charge in [-0.25, -0.2) is 4.98 Å². The van der Waals surface area contributed by atoms with Crippen LogP contribution < -0.4 is 20.3 Å². The fourth-order valence-electron chi connectivity index (χ4n) is 5.19. The predicted molar refractivity (Wildman–Crippen MR) is 126 cm³/mol. The average Bonchev–Trinajstić information content (AvgIpc) is 3.25. The number of methoxy groups -OCH3 is 1. The minimum absolute atomic E-state index is 0.0574. The predicted octanol–water partition coefficient (Wildman–Crippen LogP) is 2.30. The summed E-state index contributed by atoms with van der Waals surface area (Å²) in [4.78, 5) is 31.9. The van der Waals surface area contributed by atoms with Gasteiger partial charge >= 0.3 is 0 Å². The Bertz CT molecular complexity index is 994. The molecular formula is C25H32N4O4. The fraction of sp³-hybridized carbons (Fsp3) is 0.480. The molecule has 8 nitrogen and oxygen atoms in total. The van der Waals surface area contributed by atoms with E-state index in [1.165, 1.54) is 0 Å². The number of rotatable bonds is 7. The van der Waals surface area contributed by atoms with E-state index < -0.39 is 0 Å². The van der Waals surface area contributed by atoms with Gasteiger partial charge in [0, 0.05) is 42.5 Å². The first kappa shape index (κ1) is 23.0. The number of fused-ring (bicyclic) bond motifs is 1. The number of pyridine rings is 1. The molecule has 2 aliphatic rings. The molecule has 33 heavy (non-hydrogen) atoms. The van der Waals surface area contributed by atoms with Gasteiger partial charge in [-0.1, -0.05) is 6.07 Å². The number of hydrogen-bond acceptors (Lipinski definition) is 6.